The van der Waals surface area contributed by atoms with E-state index in [9.17, 15) is 22.0 Å². The minimum absolute atomic E-state index is 0.119. The Hall–Kier alpha value is -2.48. The number of hydrogen-bond acceptors (Lipinski definition) is 3. The Morgan fingerprint density at radius 3 is 2.33 bits per heavy atom. The van der Waals surface area contributed by atoms with Crippen molar-refractivity contribution < 1.29 is 22.0 Å². The number of carbonyl (C=O) groups is 1. The zero-order valence-corrected chi connectivity index (χ0v) is 13.7. The highest BCUT2D eigenvalue weighted by Gasteiger charge is 2.21. The van der Waals surface area contributed by atoms with Crippen molar-refractivity contribution in [1.29, 1.82) is 0 Å². The summed E-state index contributed by atoms with van der Waals surface area (Å²) in [5, 5.41) is 2.58. The SMILES string of the molecule is CS(=O)(=O)N(CC(=O)NCc1ccccc1)c1ccc(F)c(F)c1. The summed E-state index contributed by atoms with van der Waals surface area (Å²) in [5.74, 6) is -2.85. The molecule has 1 amide bonds. The molecule has 2 aromatic carbocycles. The molecule has 2 rings (SSSR count). The summed E-state index contributed by atoms with van der Waals surface area (Å²) in [6.07, 6.45) is 0.888. The first-order chi connectivity index (χ1) is 11.3. The second-order valence-electron chi connectivity index (χ2n) is 5.13. The lowest BCUT2D eigenvalue weighted by molar-refractivity contribution is -0.119. The van der Waals surface area contributed by atoms with Crippen molar-refractivity contribution in [3.8, 4) is 0 Å². The molecular weight excluding hydrogens is 338 g/mol. The van der Waals surface area contributed by atoms with Crippen LogP contribution in [0.1, 0.15) is 5.56 Å². The molecule has 1 N–H and O–H groups in total. The Kier molecular flexibility index (Phi) is 5.50. The van der Waals surface area contributed by atoms with Crippen LogP contribution in [0.15, 0.2) is 48.5 Å². The third-order valence-corrected chi connectivity index (χ3v) is 4.35. The molecule has 0 fully saturated rings. The number of benzene rings is 2. The van der Waals surface area contributed by atoms with E-state index in [1.807, 2.05) is 30.3 Å². The molecule has 0 radical (unpaired) electrons. The Labute approximate surface area is 139 Å². The van der Waals surface area contributed by atoms with Gasteiger partial charge in [0.2, 0.25) is 15.9 Å². The van der Waals surface area contributed by atoms with Crippen LogP contribution in [0.2, 0.25) is 0 Å². The summed E-state index contributed by atoms with van der Waals surface area (Å²) in [6, 6.07) is 11.7. The summed E-state index contributed by atoms with van der Waals surface area (Å²) >= 11 is 0. The molecule has 0 spiro atoms. The maximum absolute atomic E-state index is 13.3. The number of hydrogen-bond donors (Lipinski definition) is 1. The second kappa shape index (κ2) is 7.39. The smallest absolute Gasteiger partial charge is 0.241 e. The van der Waals surface area contributed by atoms with Crippen molar-refractivity contribution in [2.45, 2.75) is 6.54 Å². The minimum Gasteiger partial charge on any atom is -0.350 e. The van der Waals surface area contributed by atoms with Crippen molar-refractivity contribution in [3.05, 3.63) is 65.7 Å². The number of halogens is 2. The topological polar surface area (TPSA) is 66.5 Å². The van der Waals surface area contributed by atoms with E-state index in [0.29, 0.717) is 0 Å². The van der Waals surface area contributed by atoms with E-state index in [-0.39, 0.29) is 12.2 Å². The molecule has 0 bridgehead atoms. The number of rotatable bonds is 6. The summed E-state index contributed by atoms with van der Waals surface area (Å²) in [6.45, 7) is -0.300. The molecule has 0 unspecified atom stereocenters. The minimum atomic E-state index is -3.84. The van der Waals surface area contributed by atoms with Crippen molar-refractivity contribution in [1.82, 2.24) is 5.32 Å². The lowest BCUT2D eigenvalue weighted by Gasteiger charge is -2.22. The fourth-order valence-electron chi connectivity index (χ4n) is 2.02. The Bertz CT molecular complexity index is 826. The Morgan fingerprint density at radius 2 is 1.75 bits per heavy atom. The molecule has 0 saturated carbocycles. The lowest BCUT2D eigenvalue weighted by atomic mass is 10.2. The normalized spacial score (nSPS) is 11.1. The molecule has 0 atom stereocenters. The van der Waals surface area contributed by atoms with Gasteiger partial charge in [0.1, 0.15) is 6.54 Å². The molecular formula is C16H16F2N2O3S. The van der Waals surface area contributed by atoms with E-state index in [2.05, 4.69) is 5.32 Å². The lowest BCUT2D eigenvalue weighted by Crippen LogP contribution is -2.40. The van der Waals surface area contributed by atoms with Gasteiger partial charge in [-0.05, 0) is 17.7 Å². The Balaban J connectivity index is 2.11. The van der Waals surface area contributed by atoms with Crippen LogP contribution in [0.25, 0.3) is 0 Å². The third-order valence-electron chi connectivity index (χ3n) is 3.21. The molecule has 0 aliphatic heterocycles. The number of nitrogens with one attached hydrogen (secondary N) is 1. The molecule has 8 heteroatoms. The average molecular weight is 354 g/mol. The fraction of sp³-hybridized carbons (Fsp3) is 0.188. The zero-order valence-electron chi connectivity index (χ0n) is 12.9. The van der Waals surface area contributed by atoms with Crippen LogP contribution in [0.4, 0.5) is 14.5 Å². The van der Waals surface area contributed by atoms with Crippen LogP contribution in [-0.4, -0.2) is 27.1 Å². The summed E-state index contributed by atoms with van der Waals surface area (Å²) in [5.41, 5.74) is 0.732. The van der Waals surface area contributed by atoms with Gasteiger partial charge in [-0.3, -0.25) is 9.10 Å². The van der Waals surface area contributed by atoms with Gasteiger partial charge in [0.25, 0.3) is 0 Å². The van der Waals surface area contributed by atoms with E-state index in [1.165, 1.54) is 0 Å². The molecule has 2 aromatic rings. The van der Waals surface area contributed by atoms with E-state index in [1.54, 1.807) is 0 Å². The summed E-state index contributed by atoms with van der Waals surface area (Å²) < 4.78 is 50.8. The highest BCUT2D eigenvalue weighted by Crippen LogP contribution is 2.20. The summed E-state index contributed by atoms with van der Waals surface area (Å²) in [4.78, 5) is 12.0. The van der Waals surface area contributed by atoms with Crippen LogP contribution < -0.4 is 9.62 Å². The van der Waals surface area contributed by atoms with Gasteiger partial charge < -0.3 is 5.32 Å². The second-order valence-corrected chi connectivity index (χ2v) is 7.04. The fourth-order valence-corrected chi connectivity index (χ4v) is 2.87. The quantitative estimate of drug-likeness (QED) is 0.863. The number of anilines is 1. The van der Waals surface area contributed by atoms with E-state index >= 15 is 0 Å². The molecule has 0 heterocycles. The predicted octanol–water partition coefficient (Wildman–Crippen LogP) is 2.05. The molecule has 0 saturated heterocycles. The highest BCUT2D eigenvalue weighted by atomic mass is 32.2. The van der Waals surface area contributed by atoms with Crippen molar-refractivity contribution in [3.63, 3.8) is 0 Å². The molecule has 5 nitrogen and oxygen atoms in total. The molecule has 24 heavy (non-hydrogen) atoms. The monoisotopic (exact) mass is 354 g/mol. The van der Waals surface area contributed by atoms with Crippen LogP contribution in [0.3, 0.4) is 0 Å². The maximum atomic E-state index is 13.3. The Morgan fingerprint density at radius 1 is 1.08 bits per heavy atom. The molecule has 0 aromatic heterocycles. The van der Waals surface area contributed by atoms with Crippen molar-refractivity contribution in [2.75, 3.05) is 17.1 Å². The van der Waals surface area contributed by atoms with Crippen LogP contribution in [0, 0.1) is 11.6 Å². The van der Waals surface area contributed by atoms with Crippen molar-refractivity contribution >= 4 is 21.6 Å². The number of carbonyl (C=O) groups excluding carboxylic acids is 1. The van der Waals surface area contributed by atoms with Gasteiger partial charge in [-0.1, -0.05) is 30.3 Å². The molecule has 0 aliphatic rings. The molecule has 128 valence electrons. The van der Waals surface area contributed by atoms with Gasteiger partial charge in [-0.2, -0.15) is 0 Å². The van der Waals surface area contributed by atoms with Gasteiger partial charge >= 0.3 is 0 Å². The van der Waals surface area contributed by atoms with Crippen LogP contribution >= 0.6 is 0 Å². The van der Waals surface area contributed by atoms with E-state index in [0.717, 1.165) is 34.3 Å². The molecule has 0 aliphatic carbocycles. The first-order valence-corrected chi connectivity index (χ1v) is 8.85. The first-order valence-electron chi connectivity index (χ1n) is 7.01. The van der Waals surface area contributed by atoms with Gasteiger partial charge in [0, 0.05) is 12.6 Å². The summed E-state index contributed by atoms with van der Waals surface area (Å²) in [7, 11) is -3.84. The predicted molar refractivity (Wildman–Crippen MR) is 86.8 cm³/mol. The van der Waals surface area contributed by atoms with Gasteiger partial charge in [0.15, 0.2) is 11.6 Å². The first kappa shape index (κ1) is 17.9. The van der Waals surface area contributed by atoms with Crippen LogP contribution in [0.5, 0.6) is 0 Å². The largest absolute Gasteiger partial charge is 0.350 e. The van der Waals surface area contributed by atoms with E-state index in [4.69, 9.17) is 0 Å². The average Bonchev–Trinajstić information content (AvgIpc) is 2.53. The van der Waals surface area contributed by atoms with Crippen LogP contribution in [-0.2, 0) is 21.4 Å². The van der Waals surface area contributed by atoms with Gasteiger partial charge in [-0.15, -0.1) is 0 Å². The maximum Gasteiger partial charge on any atom is 0.241 e. The van der Waals surface area contributed by atoms with E-state index < -0.39 is 34.1 Å². The number of sulfonamides is 1. The zero-order chi connectivity index (χ0) is 17.7. The number of nitrogens with zero attached hydrogens (tertiary/aromatic N) is 1. The third kappa shape index (κ3) is 4.76. The van der Waals surface area contributed by atoms with Gasteiger partial charge in [0.05, 0.1) is 11.9 Å². The number of amides is 1. The van der Waals surface area contributed by atoms with Crippen molar-refractivity contribution in [2.24, 2.45) is 0 Å². The standard InChI is InChI=1S/C16H16F2N2O3S/c1-24(22,23)20(13-7-8-14(17)15(18)9-13)11-16(21)19-10-12-5-3-2-4-6-12/h2-9H,10-11H2,1H3,(H,19,21). The highest BCUT2D eigenvalue weighted by molar-refractivity contribution is 7.92. The van der Waals surface area contributed by atoms with Gasteiger partial charge in [-0.25, -0.2) is 17.2 Å².